The average molecular weight is 190 g/mol. The van der Waals surface area contributed by atoms with Gasteiger partial charge >= 0.3 is 0 Å². The fourth-order valence-corrected chi connectivity index (χ4v) is 4.27. The highest BCUT2D eigenvalue weighted by Gasteiger charge is 2.65. The summed E-state index contributed by atoms with van der Waals surface area (Å²) in [4.78, 5) is 12.3. The molecular formula is C12H14O2. The van der Waals surface area contributed by atoms with Crippen LogP contribution < -0.4 is 0 Å². The third-order valence-corrected chi connectivity index (χ3v) is 4.86. The second kappa shape index (κ2) is 2.13. The zero-order valence-electron chi connectivity index (χ0n) is 8.11. The van der Waals surface area contributed by atoms with Gasteiger partial charge in [0.1, 0.15) is 5.78 Å². The summed E-state index contributed by atoms with van der Waals surface area (Å²) in [6.45, 7) is 0. The molecule has 2 heterocycles. The Bertz CT molecular complexity index is 346. The molecule has 1 spiro atoms. The first-order chi connectivity index (χ1) is 6.80. The first-order valence-corrected chi connectivity index (χ1v) is 5.69. The van der Waals surface area contributed by atoms with Crippen molar-refractivity contribution in [2.24, 2.45) is 17.3 Å². The zero-order valence-corrected chi connectivity index (χ0v) is 8.11. The highest BCUT2D eigenvalue weighted by molar-refractivity contribution is 5.92. The number of carbonyl (C=O) groups excluding carboxylic acids is 1. The number of fused-ring (bicyclic) bond motifs is 6. The molecule has 0 aromatic heterocycles. The Morgan fingerprint density at radius 3 is 2.86 bits per heavy atom. The second-order valence-corrected chi connectivity index (χ2v) is 5.30. The molecule has 2 aliphatic carbocycles. The maximum absolute atomic E-state index is 12.3. The maximum Gasteiger partial charge on any atom is 0.145 e. The molecule has 14 heavy (non-hydrogen) atoms. The minimum atomic E-state index is -0.0671. The van der Waals surface area contributed by atoms with Crippen LogP contribution in [0.5, 0.6) is 0 Å². The van der Waals surface area contributed by atoms with Crippen molar-refractivity contribution < 1.29 is 9.53 Å². The monoisotopic (exact) mass is 190 g/mol. The second-order valence-electron chi connectivity index (χ2n) is 5.30. The van der Waals surface area contributed by atoms with Crippen LogP contribution >= 0.6 is 0 Å². The van der Waals surface area contributed by atoms with E-state index in [1.807, 2.05) is 0 Å². The number of hydrogen-bond acceptors (Lipinski definition) is 2. The van der Waals surface area contributed by atoms with E-state index in [1.165, 1.54) is 6.42 Å². The standard InChI is InChI=1S/C12H14O2/c13-11-7-1-2-8(5-7)12(11)6-9-3-4-10(12)14-9/h3-4,7-10H,1-2,5-6H2/t7-,8+,9+,10-,12?/m1/s1. The first kappa shape index (κ1) is 7.63. The minimum absolute atomic E-state index is 0.0671. The van der Waals surface area contributed by atoms with Gasteiger partial charge in [-0.15, -0.1) is 0 Å². The van der Waals surface area contributed by atoms with Gasteiger partial charge < -0.3 is 4.74 Å². The molecule has 5 atom stereocenters. The molecule has 2 nitrogen and oxygen atoms in total. The van der Waals surface area contributed by atoms with Crippen LogP contribution in [-0.2, 0) is 9.53 Å². The third kappa shape index (κ3) is 0.621. The van der Waals surface area contributed by atoms with E-state index < -0.39 is 0 Å². The summed E-state index contributed by atoms with van der Waals surface area (Å²) < 4.78 is 5.80. The van der Waals surface area contributed by atoms with Crippen molar-refractivity contribution in [2.75, 3.05) is 0 Å². The van der Waals surface area contributed by atoms with Gasteiger partial charge in [0.25, 0.3) is 0 Å². The molecule has 0 aromatic carbocycles. The molecule has 0 N–H and O–H groups in total. The molecule has 3 fully saturated rings. The van der Waals surface area contributed by atoms with Crippen molar-refractivity contribution >= 4 is 5.78 Å². The molecule has 0 radical (unpaired) electrons. The number of carbonyl (C=O) groups is 1. The molecule has 0 amide bonds. The molecule has 2 saturated carbocycles. The number of Topliss-reactive ketones (excluding diaryl/α,β-unsaturated/α-hetero) is 1. The first-order valence-electron chi connectivity index (χ1n) is 5.69. The lowest BCUT2D eigenvalue weighted by atomic mass is 9.65. The van der Waals surface area contributed by atoms with Gasteiger partial charge in [0.2, 0.25) is 0 Å². The quantitative estimate of drug-likeness (QED) is 0.543. The average Bonchev–Trinajstić information content (AvgIpc) is 2.91. The molecule has 4 aliphatic rings. The van der Waals surface area contributed by atoms with E-state index in [1.54, 1.807) is 0 Å². The van der Waals surface area contributed by atoms with Crippen LogP contribution in [0, 0.1) is 17.3 Å². The number of ketones is 1. The molecule has 1 saturated heterocycles. The van der Waals surface area contributed by atoms with Crippen LogP contribution in [0.4, 0.5) is 0 Å². The van der Waals surface area contributed by atoms with Crippen LogP contribution in [-0.4, -0.2) is 18.0 Å². The normalized spacial score (nSPS) is 58.1. The van der Waals surface area contributed by atoms with Crippen LogP contribution in [0.25, 0.3) is 0 Å². The van der Waals surface area contributed by atoms with Crippen LogP contribution in [0.15, 0.2) is 12.2 Å². The van der Waals surface area contributed by atoms with Gasteiger partial charge in [0, 0.05) is 5.92 Å². The smallest absolute Gasteiger partial charge is 0.145 e. The van der Waals surface area contributed by atoms with E-state index in [0.29, 0.717) is 17.6 Å². The van der Waals surface area contributed by atoms with E-state index >= 15 is 0 Å². The lowest BCUT2D eigenvalue weighted by Crippen LogP contribution is -2.43. The summed E-state index contributed by atoms with van der Waals surface area (Å²) in [6, 6.07) is 0. The Morgan fingerprint density at radius 1 is 1.36 bits per heavy atom. The summed E-state index contributed by atoms with van der Waals surface area (Å²) in [5, 5.41) is 0. The fourth-order valence-electron chi connectivity index (χ4n) is 4.27. The van der Waals surface area contributed by atoms with Gasteiger partial charge in [-0.2, -0.15) is 0 Å². The van der Waals surface area contributed by atoms with Crippen molar-refractivity contribution in [3.05, 3.63) is 12.2 Å². The molecule has 74 valence electrons. The highest BCUT2D eigenvalue weighted by atomic mass is 16.5. The molecule has 1 unspecified atom stereocenters. The molecule has 0 aromatic rings. The minimum Gasteiger partial charge on any atom is -0.366 e. The van der Waals surface area contributed by atoms with Crippen molar-refractivity contribution in [3.8, 4) is 0 Å². The largest absolute Gasteiger partial charge is 0.366 e. The third-order valence-electron chi connectivity index (χ3n) is 4.86. The van der Waals surface area contributed by atoms with E-state index in [-0.39, 0.29) is 17.6 Å². The van der Waals surface area contributed by atoms with Gasteiger partial charge in [0.05, 0.1) is 17.6 Å². The lowest BCUT2D eigenvalue weighted by Gasteiger charge is -2.35. The topological polar surface area (TPSA) is 26.3 Å². The highest BCUT2D eigenvalue weighted by Crippen LogP contribution is 2.62. The van der Waals surface area contributed by atoms with Gasteiger partial charge in [-0.05, 0) is 31.6 Å². The Kier molecular flexibility index (Phi) is 1.16. The van der Waals surface area contributed by atoms with Crippen molar-refractivity contribution in [1.82, 2.24) is 0 Å². The number of hydrogen-bond donors (Lipinski definition) is 0. The van der Waals surface area contributed by atoms with Crippen LogP contribution in [0.3, 0.4) is 0 Å². The Hall–Kier alpha value is -0.630. The van der Waals surface area contributed by atoms with Gasteiger partial charge in [-0.25, -0.2) is 0 Å². The molecular weight excluding hydrogens is 176 g/mol. The van der Waals surface area contributed by atoms with Gasteiger partial charge in [-0.3, -0.25) is 4.79 Å². The molecule has 4 bridgehead atoms. The van der Waals surface area contributed by atoms with Gasteiger partial charge in [-0.1, -0.05) is 12.2 Å². The van der Waals surface area contributed by atoms with E-state index in [0.717, 1.165) is 19.3 Å². The number of ether oxygens (including phenoxy) is 1. The van der Waals surface area contributed by atoms with E-state index in [9.17, 15) is 4.79 Å². The van der Waals surface area contributed by atoms with Crippen LogP contribution in [0.2, 0.25) is 0 Å². The SMILES string of the molecule is O=C1[C@@H]2CC[C@@H](C2)C12C[C@@H]1C=C[C@H]2O1. The van der Waals surface area contributed by atoms with Crippen molar-refractivity contribution in [2.45, 2.75) is 37.9 Å². The Morgan fingerprint density at radius 2 is 2.29 bits per heavy atom. The summed E-state index contributed by atoms with van der Waals surface area (Å²) >= 11 is 0. The van der Waals surface area contributed by atoms with Gasteiger partial charge in [0.15, 0.2) is 0 Å². The summed E-state index contributed by atoms with van der Waals surface area (Å²) in [5.74, 6) is 1.56. The lowest BCUT2D eigenvalue weighted by molar-refractivity contribution is -0.134. The number of rotatable bonds is 0. The fraction of sp³-hybridized carbons (Fsp3) is 0.750. The Labute approximate surface area is 83.3 Å². The molecule has 2 aliphatic heterocycles. The summed E-state index contributed by atoms with van der Waals surface area (Å²) in [7, 11) is 0. The molecule has 4 rings (SSSR count). The molecule has 2 heteroatoms. The zero-order chi connectivity index (χ0) is 9.34. The predicted octanol–water partition coefficient (Wildman–Crippen LogP) is 1.70. The van der Waals surface area contributed by atoms with E-state index in [2.05, 4.69) is 12.2 Å². The van der Waals surface area contributed by atoms with Crippen molar-refractivity contribution in [1.29, 1.82) is 0 Å². The summed E-state index contributed by atoms with van der Waals surface area (Å²) in [6.07, 6.45) is 9.19. The summed E-state index contributed by atoms with van der Waals surface area (Å²) in [5.41, 5.74) is -0.0671. The Balaban J connectivity index is 1.84. The van der Waals surface area contributed by atoms with Crippen molar-refractivity contribution in [3.63, 3.8) is 0 Å². The van der Waals surface area contributed by atoms with E-state index in [4.69, 9.17) is 4.74 Å². The maximum atomic E-state index is 12.3. The van der Waals surface area contributed by atoms with Crippen LogP contribution in [0.1, 0.15) is 25.7 Å². The predicted molar refractivity (Wildman–Crippen MR) is 50.7 cm³/mol.